The van der Waals surface area contributed by atoms with Crippen molar-refractivity contribution in [1.29, 1.82) is 0 Å². The number of aryl methyl sites for hydroxylation is 1. The highest BCUT2D eigenvalue weighted by Crippen LogP contribution is 2.32. The van der Waals surface area contributed by atoms with Gasteiger partial charge in [0.1, 0.15) is 5.75 Å². The van der Waals surface area contributed by atoms with Gasteiger partial charge in [0.25, 0.3) is 5.91 Å². The molecule has 1 amide bonds. The third kappa shape index (κ3) is 7.37. The number of benzene rings is 2. The highest BCUT2D eigenvalue weighted by Gasteiger charge is 2.22. The number of amides is 1. The van der Waals surface area contributed by atoms with E-state index >= 15 is 0 Å². The fraction of sp³-hybridized carbons (Fsp3) is 0.400. The number of carboxylic acids is 1. The number of thiophene rings is 1. The van der Waals surface area contributed by atoms with E-state index in [1.54, 1.807) is 29.5 Å². The molecule has 2 aromatic carbocycles. The molecule has 1 aliphatic carbocycles. The van der Waals surface area contributed by atoms with Crippen molar-refractivity contribution >= 4 is 34.8 Å². The summed E-state index contributed by atoms with van der Waals surface area (Å²) >= 11 is 8.14. The van der Waals surface area contributed by atoms with E-state index in [1.807, 2.05) is 39.0 Å². The van der Waals surface area contributed by atoms with Crippen molar-refractivity contribution in [2.75, 3.05) is 0 Å². The number of rotatable bonds is 11. The molecule has 1 aromatic heterocycles. The minimum absolute atomic E-state index is 0.206. The zero-order chi connectivity index (χ0) is 27.2. The quantitative estimate of drug-likeness (QED) is 0.265. The Kier molecular flexibility index (Phi) is 9.47. The zero-order valence-electron chi connectivity index (χ0n) is 22.0. The van der Waals surface area contributed by atoms with Crippen LogP contribution in [0.15, 0.2) is 48.5 Å². The molecule has 3 aromatic rings. The second kappa shape index (κ2) is 12.8. The molecule has 4 rings (SSSR count). The Morgan fingerprint density at radius 3 is 2.50 bits per heavy atom. The molecule has 0 radical (unpaired) electrons. The summed E-state index contributed by atoms with van der Waals surface area (Å²) in [5, 5.41) is 13.0. The van der Waals surface area contributed by atoms with Crippen LogP contribution in [0.4, 0.5) is 0 Å². The number of carbonyl (C=O) groups excluding carboxylic acids is 1. The normalized spacial score (nSPS) is 14.6. The molecule has 38 heavy (non-hydrogen) atoms. The predicted octanol–water partition coefficient (Wildman–Crippen LogP) is 7.05. The van der Waals surface area contributed by atoms with Gasteiger partial charge in [0.15, 0.2) is 6.10 Å². The van der Waals surface area contributed by atoms with Gasteiger partial charge in [-0.05, 0) is 93.5 Å². The third-order valence-corrected chi connectivity index (χ3v) is 7.88. The van der Waals surface area contributed by atoms with Crippen LogP contribution in [-0.2, 0) is 22.5 Å². The van der Waals surface area contributed by atoms with E-state index in [1.165, 1.54) is 17.7 Å². The number of carbonyl (C=O) groups is 2. The Balaban J connectivity index is 1.52. The monoisotopic (exact) mass is 555 g/mol. The van der Waals surface area contributed by atoms with E-state index in [4.69, 9.17) is 21.1 Å². The van der Waals surface area contributed by atoms with Gasteiger partial charge in [-0.2, -0.15) is 0 Å². The standard InChI is InChI=1S/C30H34ClNO5S/c1-18(2)36-27(30(34)35)15-20-9-11-24(28-13-8-19(3)38-28)21(14-20)17-32-29(33)25-12-10-23(16-26(25)31)37-22-6-4-5-7-22/h8-14,16,18,22,27H,4-7,15,17H2,1-3H3,(H,32,33)(H,34,35). The SMILES string of the molecule is Cc1ccc(-c2ccc(CC(OC(C)C)C(=O)O)cc2CNC(=O)c2ccc(OC3CCCC3)cc2Cl)s1. The smallest absolute Gasteiger partial charge is 0.333 e. The Hall–Kier alpha value is -2.87. The van der Waals surface area contributed by atoms with Crippen molar-refractivity contribution in [2.45, 2.75) is 77.7 Å². The average Bonchev–Trinajstić information content (AvgIpc) is 3.53. The Labute approximate surface area is 232 Å². The van der Waals surface area contributed by atoms with Gasteiger partial charge < -0.3 is 19.9 Å². The molecule has 0 spiro atoms. The van der Waals surface area contributed by atoms with E-state index in [0.717, 1.165) is 34.4 Å². The van der Waals surface area contributed by atoms with E-state index < -0.39 is 12.1 Å². The number of aliphatic carboxylic acids is 1. The molecule has 0 saturated heterocycles. The molecule has 1 atom stereocenters. The number of nitrogens with one attached hydrogen (secondary N) is 1. The van der Waals surface area contributed by atoms with Gasteiger partial charge in [0.05, 0.1) is 22.8 Å². The summed E-state index contributed by atoms with van der Waals surface area (Å²) in [5.41, 5.74) is 3.09. The summed E-state index contributed by atoms with van der Waals surface area (Å²) in [6, 6.07) is 15.2. The van der Waals surface area contributed by atoms with Crippen molar-refractivity contribution in [3.63, 3.8) is 0 Å². The molecule has 2 N–H and O–H groups in total. The number of hydrogen-bond donors (Lipinski definition) is 2. The molecular weight excluding hydrogens is 522 g/mol. The van der Waals surface area contributed by atoms with Gasteiger partial charge in [-0.1, -0.05) is 29.8 Å². The minimum atomic E-state index is -0.999. The van der Waals surface area contributed by atoms with Gasteiger partial charge in [0.2, 0.25) is 0 Å². The van der Waals surface area contributed by atoms with Crippen LogP contribution in [0.25, 0.3) is 10.4 Å². The van der Waals surface area contributed by atoms with Crippen molar-refractivity contribution in [3.8, 4) is 16.2 Å². The third-order valence-electron chi connectivity index (χ3n) is 6.54. The second-order valence-corrected chi connectivity index (χ2v) is 11.7. The first-order valence-electron chi connectivity index (χ1n) is 13.0. The maximum atomic E-state index is 13.1. The number of ether oxygens (including phenoxy) is 2. The molecule has 0 aliphatic heterocycles. The summed E-state index contributed by atoms with van der Waals surface area (Å²) in [7, 11) is 0. The average molecular weight is 556 g/mol. The van der Waals surface area contributed by atoms with Crippen LogP contribution < -0.4 is 10.1 Å². The first-order valence-corrected chi connectivity index (χ1v) is 14.2. The van der Waals surface area contributed by atoms with Crippen LogP contribution in [0, 0.1) is 6.92 Å². The van der Waals surface area contributed by atoms with Crippen LogP contribution in [0.5, 0.6) is 5.75 Å². The van der Waals surface area contributed by atoms with Crippen molar-refractivity contribution in [3.05, 3.63) is 75.1 Å². The maximum Gasteiger partial charge on any atom is 0.333 e. The summed E-state index contributed by atoms with van der Waals surface area (Å²) in [6.07, 6.45) is 3.72. The molecule has 202 valence electrons. The fourth-order valence-corrected chi connectivity index (χ4v) is 5.88. The number of hydrogen-bond acceptors (Lipinski definition) is 5. The zero-order valence-corrected chi connectivity index (χ0v) is 23.5. The highest BCUT2D eigenvalue weighted by molar-refractivity contribution is 7.15. The molecule has 1 aliphatic rings. The Morgan fingerprint density at radius 2 is 1.87 bits per heavy atom. The maximum absolute atomic E-state index is 13.1. The first kappa shape index (κ1) is 28.1. The van der Waals surface area contributed by atoms with Gasteiger partial charge in [0, 0.05) is 22.7 Å². The van der Waals surface area contributed by atoms with Crippen LogP contribution in [0.3, 0.4) is 0 Å². The predicted molar refractivity (Wildman–Crippen MR) is 151 cm³/mol. The highest BCUT2D eigenvalue weighted by atomic mass is 35.5. The lowest BCUT2D eigenvalue weighted by Gasteiger charge is -2.18. The largest absolute Gasteiger partial charge is 0.490 e. The van der Waals surface area contributed by atoms with Crippen LogP contribution >= 0.6 is 22.9 Å². The first-order chi connectivity index (χ1) is 18.2. The lowest BCUT2D eigenvalue weighted by molar-refractivity contribution is -0.153. The molecule has 8 heteroatoms. The molecule has 1 heterocycles. The summed E-state index contributed by atoms with van der Waals surface area (Å²) in [4.78, 5) is 27.1. The van der Waals surface area contributed by atoms with Crippen LogP contribution in [-0.4, -0.2) is 35.3 Å². The van der Waals surface area contributed by atoms with E-state index in [9.17, 15) is 14.7 Å². The van der Waals surface area contributed by atoms with Crippen LogP contribution in [0.2, 0.25) is 5.02 Å². The Bertz CT molecular complexity index is 1280. The lowest BCUT2D eigenvalue weighted by atomic mass is 9.99. The van der Waals surface area contributed by atoms with Gasteiger partial charge in [-0.15, -0.1) is 11.3 Å². The van der Waals surface area contributed by atoms with Crippen molar-refractivity contribution < 1.29 is 24.2 Å². The molecule has 1 fully saturated rings. The molecule has 1 saturated carbocycles. The molecule has 1 unspecified atom stereocenters. The van der Waals surface area contributed by atoms with Crippen LogP contribution in [0.1, 0.15) is 65.9 Å². The summed E-state index contributed by atoms with van der Waals surface area (Å²) < 4.78 is 11.6. The molecule has 6 nitrogen and oxygen atoms in total. The number of halogens is 1. The van der Waals surface area contributed by atoms with Gasteiger partial charge in [-0.3, -0.25) is 4.79 Å². The topological polar surface area (TPSA) is 84.9 Å². The summed E-state index contributed by atoms with van der Waals surface area (Å²) in [5.74, 6) is -0.604. The molecule has 0 bridgehead atoms. The van der Waals surface area contributed by atoms with E-state index in [2.05, 4.69) is 17.4 Å². The van der Waals surface area contributed by atoms with Crippen molar-refractivity contribution in [2.24, 2.45) is 0 Å². The van der Waals surface area contributed by atoms with Gasteiger partial charge in [-0.25, -0.2) is 4.79 Å². The lowest BCUT2D eigenvalue weighted by Crippen LogP contribution is -2.29. The van der Waals surface area contributed by atoms with Crippen molar-refractivity contribution in [1.82, 2.24) is 5.32 Å². The van der Waals surface area contributed by atoms with E-state index in [0.29, 0.717) is 16.3 Å². The minimum Gasteiger partial charge on any atom is -0.490 e. The number of carboxylic acid groups (broad SMARTS) is 1. The molecular formula is C30H34ClNO5S. The fourth-order valence-electron chi connectivity index (χ4n) is 4.70. The van der Waals surface area contributed by atoms with E-state index in [-0.39, 0.29) is 31.1 Å². The second-order valence-electron chi connectivity index (χ2n) is 9.97. The summed E-state index contributed by atoms with van der Waals surface area (Å²) in [6.45, 7) is 5.94. The Morgan fingerprint density at radius 1 is 1.11 bits per heavy atom. The van der Waals surface area contributed by atoms with Gasteiger partial charge >= 0.3 is 5.97 Å².